The fourth-order valence-electron chi connectivity index (χ4n) is 2.29. The Kier molecular flexibility index (Phi) is 7.44. The number of aliphatic imine (C=N–C) groups is 1. The first kappa shape index (κ1) is 19.8. The molecule has 0 aliphatic rings. The van der Waals surface area contributed by atoms with Crippen molar-refractivity contribution >= 4 is 5.96 Å². The van der Waals surface area contributed by atoms with Crippen LogP contribution < -0.4 is 15.4 Å². The van der Waals surface area contributed by atoms with Crippen molar-refractivity contribution < 1.29 is 13.5 Å². The molecular weight excluding hydrogens is 335 g/mol. The van der Waals surface area contributed by atoms with Crippen LogP contribution in [0.15, 0.2) is 33.7 Å². The van der Waals surface area contributed by atoms with Crippen molar-refractivity contribution in [2.45, 2.75) is 46.8 Å². The second-order valence-corrected chi connectivity index (χ2v) is 5.90. The second-order valence-electron chi connectivity index (χ2n) is 5.90. The zero-order valence-electron chi connectivity index (χ0n) is 15.8. The first-order valence-corrected chi connectivity index (χ1v) is 8.89. The predicted octanol–water partition coefficient (Wildman–Crippen LogP) is 3.34. The molecule has 1 unspecified atom stereocenters. The molecule has 2 N–H and O–H groups in total. The molecule has 0 spiro atoms. The molecule has 26 heavy (non-hydrogen) atoms. The molecule has 0 amide bonds. The van der Waals surface area contributed by atoms with Gasteiger partial charge in [0.15, 0.2) is 17.5 Å². The number of nitrogens with zero attached hydrogens (tertiary/aromatic N) is 2. The number of guanidine groups is 1. The molecule has 142 valence electrons. The molecule has 0 bridgehead atoms. The zero-order chi connectivity index (χ0) is 18.9. The molecule has 7 heteroatoms. The standard InChI is InChI=1S/C19H27FN4O2/c1-5-15(26-17-10-8-7-9-16(17)20)11-22-19(21-6-2)23-12-18-24-13(3)14(4)25-18/h7-10,15H,5-6,11-12H2,1-4H3,(H2,21,22,23). The van der Waals surface area contributed by atoms with Crippen LogP contribution in [0.2, 0.25) is 0 Å². The van der Waals surface area contributed by atoms with Crippen LogP contribution in [0.25, 0.3) is 0 Å². The maximum absolute atomic E-state index is 13.8. The summed E-state index contributed by atoms with van der Waals surface area (Å²) in [7, 11) is 0. The lowest BCUT2D eigenvalue weighted by atomic mass is 10.2. The van der Waals surface area contributed by atoms with E-state index in [-0.39, 0.29) is 17.7 Å². The van der Waals surface area contributed by atoms with Crippen molar-refractivity contribution in [3.63, 3.8) is 0 Å². The van der Waals surface area contributed by atoms with Crippen molar-refractivity contribution in [1.29, 1.82) is 0 Å². The van der Waals surface area contributed by atoms with Crippen LogP contribution in [0.4, 0.5) is 4.39 Å². The van der Waals surface area contributed by atoms with Crippen molar-refractivity contribution in [2.75, 3.05) is 13.1 Å². The summed E-state index contributed by atoms with van der Waals surface area (Å²) >= 11 is 0. The van der Waals surface area contributed by atoms with Crippen LogP contribution in [0, 0.1) is 19.7 Å². The van der Waals surface area contributed by atoms with Crippen LogP contribution in [0.3, 0.4) is 0 Å². The number of halogens is 1. The van der Waals surface area contributed by atoms with Gasteiger partial charge in [-0.25, -0.2) is 14.4 Å². The van der Waals surface area contributed by atoms with Crippen molar-refractivity contribution in [3.05, 3.63) is 47.4 Å². The predicted molar refractivity (Wildman–Crippen MR) is 99.9 cm³/mol. The van der Waals surface area contributed by atoms with E-state index in [0.29, 0.717) is 24.9 Å². The van der Waals surface area contributed by atoms with E-state index in [4.69, 9.17) is 9.15 Å². The van der Waals surface area contributed by atoms with Gasteiger partial charge in [-0.3, -0.25) is 0 Å². The maximum Gasteiger partial charge on any atom is 0.216 e. The highest BCUT2D eigenvalue weighted by Gasteiger charge is 2.12. The number of hydrogen-bond acceptors (Lipinski definition) is 4. The number of ether oxygens (including phenoxy) is 1. The molecule has 1 atom stereocenters. The van der Waals surface area contributed by atoms with Crippen molar-refractivity contribution in [3.8, 4) is 5.75 Å². The molecule has 1 heterocycles. The molecule has 2 aromatic rings. The van der Waals surface area contributed by atoms with E-state index in [0.717, 1.165) is 24.4 Å². The Bertz CT molecular complexity index is 711. The van der Waals surface area contributed by atoms with E-state index in [1.165, 1.54) is 6.07 Å². The maximum atomic E-state index is 13.8. The Balaban J connectivity index is 1.94. The van der Waals surface area contributed by atoms with Gasteiger partial charge in [0.2, 0.25) is 5.89 Å². The molecule has 1 aromatic carbocycles. The molecule has 0 aliphatic carbocycles. The smallest absolute Gasteiger partial charge is 0.216 e. The van der Waals surface area contributed by atoms with E-state index in [2.05, 4.69) is 20.6 Å². The fraction of sp³-hybridized carbons (Fsp3) is 0.474. The largest absolute Gasteiger partial charge is 0.486 e. The summed E-state index contributed by atoms with van der Waals surface area (Å²) < 4.78 is 25.0. The molecule has 6 nitrogen and oxygen atoms in total. The van der Waals surface area contributed by atoms with Gasteiger partial charge >= 0.3 is 0 Å². The molecule has 0 saturated carbocycles. The van der Waals surface area contributed by atoms with E-state index >= 15 is 0 Å². The van der Waals surface area contributed by atoms with Gasteiger partial charge in [-0.1, -0.05) is 19.1 Å². The Morgan fingerprint density at radius 2 is 2.04 bits per heavy atom. The summed E-state index contributed by atoms with van der Waals surface area (Å²) in [6.07, 6.45) is 0.556. The van der Waals surface area contributed by atoms with E-state index in [1.54, 1.807) is 18.2 Å². The first-order valence-electron chi connectivity index (χ1n) is 8.89. The molecule has 0 radical (unpaired) electrons. The lowest BCUT2D eigenvalue weighted by Crippen LogP contribution is -2.42. The minimum atomic E-state index is -0.360. The Hall–Kier alpha value is -2.57. The van der Waals surface area contributed by atoms with Crippen LogP contribution in [0.1, 0.15) is 37.6 Å². The molecule has 0 saturated heterocycles. The quantitative estimate of drug-likeness (QED) is 0.557. The number of oxazole rings is 1. The van der Waals surface area contributed by atoms with Crippen molar-refractivity contribution in [1.82, 2.24) is 15.6 Å². The monoisotopic (exact) mass is 362 g/mol. The van der Waals surface area contributed by atoms with E-state index < -0.39 is 0 Å². The SMILES string of the molecule is CCNC(=NCc1nc(C)c(C)o1)NCC(CC)Oc1ccccc1F. The Labute approximate surface area is 153 Å². The number of nitrogens with one attached hydrogen (secondary N) is 2. The molecule has 0 aliphatic heterocycles. The van der Waals surface area contributed by atoms with E-state index in [9.17, 15) is 4.39 Å². The lowest BCUT2D eigenvalue weighted by Gasteiger charge is -2.20. The third kappa shape index (κ3) is 5.75. The zero-order valence-corrected chi connectivity index (χ0v) is 15.8. The van der Waals surface area contributed by atoms with E-state index in [1.807, 2.05) is 27.7 Å². The van der Waals surface area contributed by atoms with Crippen LogP contribution in [-0.4, -0.2) is 30.1 Å². The minimum absolute atomic E-state index is 0.179. The number of hydrogen-bond donors (Lipinski definition) is 2. The average molecular weight is 362 g/mol. The highest BCUT2D eigenvalue weighted by atomic mass is 19.1. The van der Waals surface area contributed by atoms with Crippen LogP contribution in [0.5, 0.6) is 5.75 Å². The van der Waals surface area contributed by atoms with Gasteiger partial charge < -0.3 is 19.8 Å². The summed E-state index contributed by atoms with van der Waals surface area (Å²) in [5.74, 6) is 1.91. The highest BCUT2D eigenvalue weighted by Crippen LogP contribution is 2.17. The minimum Gasteiger partial charge on any atom is -0.486 e. The molecular formula is C19H27FN4O2. The highest BCUT2D eigenvalue weighted by molar-refractivity contribution is 5.79. The van der Waals surface area contributed by atoms with Crippen LogP contribution in [-0.2, 0) is 6.54 Å². The number of para-hydroxylation sites is 1. The van der Waals surface area contributed by atoms with Gasteiger partial charge in [-0.15, -0.1) is 0 Å². The second kappa shape index (κ2) is 9.79. The van der Waals surface area contributed by atoms with Crippen molar-refractivity contribution in [2.24, 2.45) is 4.99 Å². The molecule has 2 rings (SSSR count). The first-order chi connectivity index (χ1) is 12.5. The van der Waals surface area contributed by atoms with Gasteiger partial charge in [-0.2, -0.15) is 0 Å². The van der Waals surface area contributed by atoms with Gasteiger partial charge in [0, 0.05) is 6.54 Å². The van der Waals surface area contributed by atoms with Gasteiger partial charge in [0.05, 0.1) is 12.2 Å². The number of benzene rings is 1. The molecule has 0 fully saturated rings. The number of rotatable bonds is 8. The summed E-state index contributed by atoms with van der Waals surface area (Å²) in [5.41, 5.74) is 0.873. The summed E-state index contributed by atoms with van der Waals surface area (Å²) in [6, 6.07) is 6.42. The number of aromatic nitrogens is 1. The van der Waals surface area contributed by atoms with Gasteiger partial charge in [0.25, 0.3) is 0 Å². The van der Waals surface area contributed by atoms with Gasteiger partial charge in [-0.05, 0) is 39.3 Å². The number of aryl methyl sites for hydroxylation is 2. The third-order valence-corrected chi connectivity index (χ3v) is 3.87. The average Bonchev–Trinajstić information content (AvgIpc) is 2.95. The van der Waals surface area contributed by atoms with Crippen LogP contribution >= 0.6 is 0 Å². The van der Waals surface area contributed by atoms with Gasteiger partial charge in [0.1, 0.15) is 18.4 Å². The summed E-state index contributed by atoms with van der Waals surface area (Å²) in [6.45, 7) is 9.33. The lowest BCUT2D eigenvalue weighted by molar-refractivity contribution is 0.191. The Morgan fingerprint density at radius 3 is 2.65 bits per heavy atom. The Morgan fingerprint density at radius 1 is 1.27 bits per heavy atom. The topological polar surface area (TPSA) is 71.7 Å². The summed E-state index contributed by atoms with van der Waals surface area (Å²) in [5, 5.41) is 6.39. The fourth-order valence-corrected chi connectivity index (χ4v) is 2.29. The summed E-state index contributed by atoms with van der Waals surface area (Å²) in [4.78, 5) is 8.80. The normalized spacial score (nSPS) is 12.7. The molecule has 1 aromatic heterocycles. The third-order valence-electron chi connectivity index (χ3n) is 3.87.